The molecule has 1 amide bonds. The summed E-state index contributed by atoms with van der Waals surface area (Å²) in [6.07, 6.45) is 4.03. The fraction of sp³-hybridized carbons (Fsp3) is 0.167. The van der Waals surface area contributed by atoms with Gasteiger partial charge < -0.3 is 5.32 Å². The van der Waals surface area contributed by atoms with Gasteiger partial charge in [-0.2, -0.15) is 9.78 Å². The number of benzene rings is 1. The molecule has 1 aromatic heterocycles. The van der Waals surface area contributed by atoms with Crippen molar-refractivity contribution in [2.45, 2.75) is 6.42 Å². The molecular formula is C12H13N3O. The summed E-state index contributed by atoms with van der Waals surface area (Å²) in [7, 11) is 0. The minimum absolute atomic E-state index is 0.194. The van der Waals surface area contributed by atoms with Crippen LogP contribution in [0.15, 0.2) is 48.8 Å². The van der Waals surface area contributed by atoms with Crippen LogP contribution in [0.5, 0.6) is 0 Å². The average Bonchev–Trinajstić information content (AvgIpc) is 2.84. The van der Waals surface area contributed by atoms with Crippen molar-refractivity contribution in [3.63, 3.8) is 0 Å². The van der Waals surface area contributed by atoms with Crippen molar-refractivity contribution in [3.05, 3.63) is 54.4 Å². The van der Waals surface area contributed by atoms with Crippen molar-refractivity contribution in [1.29, 1.82) is 0 Å². The second-order valence-corrected chi connectivity index (χ2v) is 3.42. The molecule has 0 aliphatic carbocycles. The van der Waals surface area contributed by atoms with Gasteiger partial charge in [-0.15, -0.1) is 0 Å². The first-order valence-electron chi connectivity index (χ1n) is 5.18. The Morgan fingerprint density at radius 1 is 1.25 bits per heavy atom. The van der Waals surface area contributed by atoms with E-state index in [9.17, 15) is 4.79 Å². The molecule has 0 unspecified atom stereocenters. The summed E-state index contributed by atoms with van der Waals surface area (Å²) in [6, 6.07) is 11.6. The molecule has 1 N–H and O–H groups in total. The van der Waals surface area contributed by atoms with Gasteiger partial charge >= 0.3 is 6.03 Å². The second-order valence-electron chi connectivity index (χ2n) is 3.42. The van der Waals surface area contributed by atoms with Gasteiger partial charge in [-0.3, -0.25) is 0 Å². The molecule has 2 aromatic rings. The van der Waals surface area contributed by atoms with Crippen LogP contribution in [0, 0.1) is 0 Å². The zero-order chi connectivity index (χ0) is 11.2. The van der Waals surface area contributed by atoms with E-state index >= 15 is 0 Å². The summed E-state index contributed by atoms with van der Waals surface area (Å²) in [4.78, 5) is 11.5. The van der Waals surface area contributed by atoms with E-state index in [1.165, 1.54) is 10.2 Å². The maximum absolute atomic E-state index is 11.5. The standard InChI is InChI=1S/C12H13N3O/c16-12(15-10-4-8-14-15)13-9-7-11-5-2-1-3-6-11/h1-6,8,10H,7,9H2,(H,13,16). The number of nitrogens with zero attached hydrogens (tertiary/aromatic N) is 2. The molecule has 0 aliphatic heterocycles. The SMILES string of the molecule is O=C(NCCc1ccccc1)n1cccn1. The van der Waals surface area contributed by atoms with E-state index in [1.807, 2.05) is 30.3 Å². The number of nitrogens with one attached hydrogen (secondary N) is 1. The lowest BCUT2D eigenvalue weighted by atomic mass is 10.1. The van der Waals surface area contributed by atoms with E-state index < -0.39 is 0 Å². The molecule has 1 aromatic carbocycles. The summed E-state index contributed by atoms with van der Waals surface area (Å²) < 4.78 is 1.28. The Balaban J connectivity index is 1.79. The Kier molecular flexibility index (Phi) is 3.33. The van der Waals surface area contributed by atoms with Gasteiger partial charge in [0.25, 0.3) is 0 Å². The number of hydrogen-bond acceptors (Lipinski definition) is 2. The van der Waals surface area contributed by atoms with Crippen molar-refractivity contribution >= 4 is 6.03 Å². The van der Waals surface area contributed by atoms with Gasteiger partial charge in [0, 0.05) is 18.9 Å². The van der Waals surface area contributed by atoms with Crippen LogP contribution >= 0.6 is 0 Å². The Bertz CT molecular complexity index is 437. The van der Waals surface area contributed by atoms with E-state index in [0.717, 1.165) is 6.42 Å². The molecule has 16 heavy (non-hydrogen) atoms. The summed E-state index contributed by atoms with van der Waals surface area (Å²) >= 11 is 0. The lowest BCUT2D eigenvalue weighted by Gasteiger charge is -2.04. The maximum atomic E-state index is 11.5. The van der Waals surface area contributed by atoms with Crippen LogP contribution in [-0.2, 0) is 6.42 Å². The molecule has 0 saturated heterocycles. The van der Waals surface area contributed by atoms with E-state index in [2.05, 4.69) is 10.4 Å². The minimum Gasteiger partial charge on any atom is -0.336 e. The monoisotopic (exact) mass is 215 g/mol. The third-order valence-corrected chi connectivity index (χ3v) is 2.25. The molecule has 2 rings (SSSR count). The number of aromatic nitrogens is 2. The van der Waals surface area contributed by atoms with Crippen LogP contribution in [-0.4, -0.2) is 22.4 Å². The number of rotatable bonds is 3. The molecule has 0 bridgehead atoms. The molecule has 0 fully saturated rings. The highest BCUT2D eigenvalue weighted by molar-refractivity contribution is 5.75. The predicted octanol–water partition coefficient (Wildman–Crippen LogP) is 1.68. The van der Waals surface area contributed by atoms with Gasteiger partial charge in [0.1, 0.15) is 0 Å². The van der Waals surface area contributed by atoms with Crippen LogP contribution < -0.4 is 5.32 Å². The van der Waals surface area contributed by atoms with Crippen LogP contribution in [0.25, 0.3) is 0 Å². The topological polar surface area (TPSA) is 46.9 Å². The number of carbonyl (C=O) groups excluding carboxylic acids is 1. The lowest BCUT2D eigenvalue weighted by Crippen LogP contribution is -2.30. The van der Waals surface area contributed by atoms with Crippen molar-refractivity contribution in [2.24, 2.45) is 0 Å². The fourth-order valence-corrected chi connectivity index (χ4v) is 1.43. The van der Waals surface area contributed by atoms with Crippen molar-refractivity contribution in [3.8, 4) is 0 Å². The van der Waals surface area contributed by atoms with Crippen LogP contribution in [0.3, 0.4) is 0 Å². The molecule has 4 heteroatoms. The third kappa shape index (κ3) is 2.70. The lowest BCUT2D eigenvalue weighted by molar-refractivity contribution is 0.239. The van der Waals surface area contributed by atoms with Crippen LogP contribution in [0.2, 0.25) is 0 Å². The molecule has 0 spiro atoms. The maximum Gasteiger partial charge on any atom is 0.342 e. The largest absolute Gasteiger partial charge is 0.342 e. The summed E-state index contributed by atoms with van der Waals surface area (Å²) in [5, 5.41) is 6.64. The van der Waals surface area contributed by atoms with Gasteiger partial charge in [-0.25, -0.2) is 4.79 Å². The Hall–Kier alpha value is -2.10. The average molecular weight is 215 g/mol. The van der Waals surface area contributed by atoms with E-state index in [1.54, 1.807) is 18.5 Å². The van der Waals surface area contributed by atoms with Gasteiger partial charge in [0.05, 0.1) is 0 Å². The zero-order valence-corrected chi connectivity index (χ0v) is 8.84. The van der Waals surface area contributed by atoms with Crippen LogP contribution in [0.1, 0.15) is 5.56 Å². The Morgan fingerprint density at radius 3 is 2.75 bits per heavy atom. The summed E-state index contributed by atoms with van der Waals surface area (Å²) in [5.74, 6) is 0. The number of carbonyl (C=O) groups is 1. The predicted molar refractivity (Wildman–Crippen MR) is 61.2 cm³/mol. The Labute approximate surface area is 93.9 Å². The van der Waals surface area contributed by atoms with Gasteiger partial charge in [-0.05, 0) is 18.1 Å². The van der Waals surface area contributed by atoms with Gasteiger partial charge in [0.2, 0.25) is 0 Å². The number of hydrogen-bond donors (Lipinski definition) is 1. The molecule has 0 atom stereocenters. The molecule has 0 aliphatic rings. The second kappa shape index (κ2) is 5.11. The first-order chi connectivity index (χ1) is 7.86. The normalized spacial score (nSPS) is 10.0. The first-order valence-corrected chi connectivity index (χ1v) is 5.18. The highest BCUT2D eigenvalue weighted by Crippen LogP contribution is 1.98. The van der Waals surface area contributed by atoms with E-state index in [4.69, 9.17) is 0 Å². The highest BCUT2D eigenvalue weighted by Gasteiger charge is 2.02. The molecule has 1 heterocycles. The Morgan fingerprint density at radius 2 is 2.06 bits per heavy atom. The fourth-order valence-electron chi connectivity index (χ4n) is 1.43. The smallest absolute Gasteiger partial charge is 0.336 e. The first kappa shape index (κ1) is 10.4. The van der Waals surface area contributed by atoms with Gasteiger partial charge in [-0.1, -0.05) is 30.3 Å². The summed E-state index contributed by atoms with van der Waals surface area (Å²) in [5.41, 5.74) is 1.21. The quantitative estimate of drug-likeness (QED) is 0.846. The zero-order valence-electron chi connectivity index (χ0n) is 8.84. The van der Waals surface area contributed by atoms with E-state index in [0.29, 0.717) is 6.54 Å². The van der Waals surface area contributed by atoms with Crippen molar-refractivity contribution < 1.29 is 4.79 Å². The van der Waals surface area contributed by atoms with Crippen molar-refractivity contribution in [2.75, 3.05) is 6.54 Å². The van der Waals surface area contributed by atoms with Gasteiger partial charge in [0.15, 0.2) is 0 Å². The minimum atomic E-state index is -0.194. The molecule has 82 valence electrons. The van der Waals surface area contributed by atoms with Crippen molar-refractivity contribution in [1.82, 2.24) is 15.1 Å². The highest BCUT2D eigenvalue weighted by atomic mass is 16.2. The van der Waals surface area contributed by atoms with Crippen LogP contribution in [0.4, 0.5) is 4.79 Å². The summed E-state index contributed by atoms with van der Waals surface area (Å²) in [6.45, 7) is 0.614. The molecule has 0 radical (unpaired) electrons. The van der Waals surface area contributed by atoms with E-state index in [-0.39, 0.29) is 6.03 Å². The molecular weight excluding hydrogens is 202 g/mol. The number of amides is 1. The third-order valence-electron chi connectivity index (χ3n) is 2.25. The molecule has 0 saturated carbocycles. The molecule has 4 nitrogen and oxygen atoms in total.